The molecule has 0 radical (unpaired) electrons. The van der Waals surface area contributed by atoms with Crippen LogP contribution in [0.4, 0.5) is 0 Å². The summed E-state index contributed by atoms with van der Waals surface area (Å²) in [7, 11) is 0. The van der Waals surface area contributed by atoms with E-state index in [1.54, 1.807) is 0 Å². The molecule has 1 unspecified atom stereocenters. The third-order valence-electron chi connectivity index (χ3n) is 3.18. The summed E-state index contributed by atoms with van der Waals surface area (Å²) in [5.41, 5.74) is -1.14. The third-order valence-corrected chi connectivity index (χ3v) is 3.18. The quantitative estimate of drug-likeness (QED) is 0.606. The lowest BCUT2D eigenvalue weighted by molar-refractivity contribution is -0.116. The van der Waals surface area contributed by atoms with E-state index in [1.807, 2.05) is 0 Å². The number of hydrogen-bond donors (Lipinski definition) is 3. The van der Waals surface area contributed by atoms with Crippen molar-refractivity contribution in [2.24, 2.45) is 0 Å². The number of aliphatic hydroxyl groups excluding tert-OH is 2. The first-order chi connectivity index (χ1) is 9.42. The minimum atomic E-state index is -0.889. The first-order valence-electron chi connectivity index (χ1n) is 6.20. The number of rotatable bonds is 4. The number of carbonyl (C=O) groups is 1. The molecule has 1 aliphatic heterocycles. The van der Waals surface area contributed by atoms with Gasteiger partial charge in [0.15, 0.2) is 0 Å². The lowest BCUT2D eigenvalue weighted by atomic mass is 10.2. The number of ketones is 1. The summed E-state index contributed by atoms with van der Waals surface area (Å²) in [6, 6.07) is 0. The van der Waals surface area contributed by atoms with Crippen molar-refractivity contribution in [1.82, 2.24) is 9.55 Å². The Hall–Kier alpha value is -1.77. The molecule has 0 amide bonds. The highest BCUT2D eigenvalue weighted by Crippen LogP contribution is 2.27. The normalized spacial score (nSPS) is 25.9. The molecule has 2 rings (SSSR count). The number of H-pyrrole nitrogens is 1. The number of Topliss-reactive ketones (excluding diaryl/α,β-unsaturated/α-hetero) is 1. The zero-order valence-electron chi connectivity index (χ0n) is 10.9. The molecular formula is C12H16N2O6. The van der Waals surface area contributed by atoms with E-state index in [9.17, 15) is 19.5 Å². The summed E-state index contributed by atoms with van der Waals surface area (Å²) in [6.07, 6.45) is -1.14. The Labute approximate surface area is 113 Å². The van der Waals surface area contributed by atoms with E-state index in [4.69, 9.17) is 9.84 Å². The molecule has 0 saturated carbocycles. The summed E-state index contributed by atoms with van der Waals surface area (Å²) in [4.78, 5) is 36.5. The van der Waals surface area contributed by atoms with Gasteiger partial charge < -0.3 is 14.9 Å². The maximum atomic E-state index is 11.8. The number of aromatic amines is 1. The zero-order chi connectivity index (χ0) is 14.9. The molecule has 110 valence electrons. The Kier molecular flexibility index (Phi) is 4.17. The Balaban J connectivity index is 2.35. The van der Waals surface area contributed by atoms with Gasteiger partial charge in [0.25, 0.3) is 5.56 Å². The highest BCUT2D eigenvalue weighted by Gasteiger charge is 2.35. The molecule has 1 fully saturated rings. The van der Waals surface area contributed by atoms with Crippen molar-refractivity contribution in [3.63, 3.8) is 0 Å². The molecule has 3 atom stereocenters. The van der Waals surface area contributed by atoms with E-state index in [0.29, 0.717) is 0 Å². The molecule has 1 aliphatic rings. The average molecular weight is 284 g/mol. The molecule has 1 aromatic rings. The molecular weight excluding hydrogens is 268 g/mol. The largest absolute Gasteiger partial charge is 0.394 e. The van der Waals surface area contributed by atoms with Crippen molar-refractivity contribution in [2.75, 3.05) is 6.61 Å². The van der Waals surface area contributed by atoms with Crippen LogP contribution in [-0.2, 0) is 16.0 Å². The van der Waals surface area contributed by atoms with Crippen LogP contribution >= 0.6 is 0 Å². The van der Waals surface area contributed by atoms with Crippen molar-refractivity contribution < 1.29 is 19.7 Å². The lowest BCUT2D eigenvalue weighted by Crippen LogP contribution is -2.34. The maximum absolute atomic E-state index is 11.8. The Morgan fingerprint density at radius 1 is 1.55 bits per heavy atom. The van der Waals surface area contributed by atoms with Gasteiger partial charge in [-0.3, -0.25) is 19.1 Å². The van der Waals surface area contributed by atoms with E-state index in [-0.39, 0.29) is 30.8 Å². The van der Waals surface area contributed by atoms with Crippen molar-refractivity contribution in [3.8, 4) is 0 Å². The van der Waals surface area contributed by atoms with Crippen LogP contribution in [0.25, 0.3) is 0 Å². The average Bonchev–Trinajstić information content (AvgIpc) is 2.73. The second-order valence-electron chi connectivity index (χ2n) is 4.81. The van der Waals surface area contributed by atoms with Gasteiger partial charge in [0.05, 0.1) is 12.7 Å². The van der Waals surface area contributed by atoms with Gasteiger partial charge in [-0.15, -0.1) is 0 Å². The number of nitrogens with zero attached hydrogens (tertiary/aromatic N) is 1. The number of ether oxygens (including phenoxy) is 1. The van der Waals surface area contributed by atoms with Crippen LogP contribution < -0.4 is 11.2 Å². The van der Waals surface area contributed by atoms with Gasteiger partial charge in [-0.25, -0.2) is 4.79 Å². The van der Waals surface area contributed by atoms with Crippen LogP contribution in [0.15, 0.2) is 15.8 Å². The fourth-order valence-corrected chi connectivity index (χ4v) is 2.19. The van der Waals surface area contributed by atoms with Crippen molar-refractivity contribution in [1.29, 1.82) is 0 Å². The second-order valence-corrected chi connectivity index (χ2v) is 4.81. The Morgan fingerprint density at radius 3 is 2.80 bits per heavy atom. The van der Waals surface area contributed by atoms with E-state index in [1.165, 1.54) is 13.1 Å². The fraction of sp³-hybridized carbons (Fsp3) is 0.583. The standard InChI is InChI=1S/C12H16N2O6/c1-6(16)2-7-4-14(12(19)13-11(7)18)10-3-8(17)9(5-15)20-10/h4,8-10,15,17H,2-3,5H2,1H3,(H,13,18,19)/t8?,9-,10-/m0/s1. The minimum Gasteiger partial charge on any atom is -0.394 e. The van der Waals surface area contributed by atoms with Crippen LogP contribution in [0.3, 0.4) is 0 Å². The van der Waals surface area contributed by atoms with Crippen LogP contribution in [0.1, 0.15) is 25.1 Å². The molecule has 0 bridgehead atoms. The van der Waals surface area contributed by atoms with E-state index >= 15 is 0 Å². The summed E-state index contributed by atoms with van der Waals surface area (Å²) in [6.45, 7) is 0.975. The number of hydrogen-bond acceptors (Lipinski definition) is 6. The van der Waals surface area contributed by atoms with Crippen LogP contribution in [0.2, 0.25) is 0 Å². The SMILES string of the molecule is CC(=O)Cc1cn([C@@H]2CC(O)[C@H](CO)O2)c(=O)[nH]c1=O. The van der Waals surface area contributed by atoms with Gasteiger partial charge >= 0.3 is 5.69 Å². The number of aromatic nitrogens is 2. The summed E-state index contributed by atoms with van der Waals surface area (Å²) >= 11 is 0. The van der Waals surface area contributed by atoms with E-state index in [2.05, 4.69) is 4.98 Å². The van der Waals surface area contributed by atoms with Crippen molar-refractivity contribution in [2.45, 2.75) is 38.2 Å². The van der Waals surface area contributed by atoms with Gasteiger partial charge in [-0.05, 0) is 6.92 Å². The molecule has 8 heteroatoms. The first kappa shape index (κ1) is 14.6. The first-order valence-corrected chi connectivity index (χ1v) is 6.20. The molecule has 0 aliphatic carbocycles. The van der Waals surface area contributed by atoms with Gasteiger partial charge in [-0.1, -0.05) is 0 Å². The predicted octanol–water partition coefficient (Wildman–Crippen LogP) is -1.69. The highest BCUT2D eigenvalue weighted by atomic mass is 16.5. The van der Waals surface area contributed by atoms with Gasteiger partial charge in [0, 0.05) is 24.6 Å². The molecule has 1 saturated heterocycles. The second kappa shape index (κ2) is 5.70. The fourth-order valence-electron chi connectivity index (χ4n) is 2.19. The van der Waals surface area contributed by atoms with Gasteiger partial charge in [0.2, 0.25) is 0 Å². The Morgan fingerprint density at radius 2 is 2.25 bits per heavy atom. The molecule has 1 aromatic heterocycles. The summed E-state index contributed by atoms with van der Waals surface area (Å²) in [5, 5.41) is 18.7. The van der Waals surface area contributed by atoms with Crippen LogP contribution in [0.5, 0.6) is 0 Å². The Bertz CT molecular complexity index is 619. The molecule has 8 nitrogen and oxygen atoms in total. The summed E-state index contributed by atoms with van der Waals surface area (Å²) in [5.74, 6) is -0.207. The molecule has 0 spiro atoms. The molecule has 0 aromatic carbocycles. The number of carbonyl (C=O) groups excluding carboxylic acids is 1. The van der Waals surface area contributed by atoms with Gasteiger partial charge in [0.1, 0.15) is 18.1 Å². The van der Waals surface area contributed by atoms with Crippen LogP contribution in [0, 0.1) is 0 Å². The van der Waals surface area contributed by atoms with E-state index in [0.717, 1.165) is 4.57 Å². The van der Waals surface area contributed by atoms with Crippen molar-refractivity contribution >= 4 is 5.78 Å². The topological polar surface area (TPSA) is 122 Å². The molecule has 3 N–H and O–H groups in total. The highest BCUT2D eigenvalue weighted by molar-refractivity contribution is 5.77. The maximum Gasteiger partial charge on any atom is 0.330 e. The molecule has 2 heterocycles. The smallest absolute Gasteiger partial charge is 0.330 e. The van der Waals surface area contributed by atoms with E-state index < -0.39 is 29.7 Å². The van der Waals surface area contributed by atoms with Crippen molar-refractivity contribution in [3.05, 3.63) is 32.6 Å². The third kappa shape index (κ3) is 2.87. The van der Waals surface area contributed by atoms with Crippen LogP contribution in [-0.4, -0.2) is 44.4 Å². The monoisotopic (exact) mass is 284 g/mol. The summed E-state index contributed by atoms with van der Waals surface area (Å²) < 4.78 is 6.47. The lowest BCUT2D eigenvalue weighted by Gasteiger charge is -2.15. The number of nitrogens with one attached hydrogen (secondary N) is 1. The van der Waals surface area contributed by atoms with Gasteiger partial charge in [-0.2, -0.15) is 0 Å². The predicted molar refractivity (Wildman–Crippen MR) is 67.3 cm³/mol. The molecule has 20 heavy (non-hydrogen) atoms. The zero-order valence-corrected chi connectivity index (χ0v) is 10.9. The minimum absolute atomic E-state index is 0.0890. The number of aliphatic hydroxyl groups is 2.